The van der Waals surface area contributed by atoms with E-state index in [-0.39, 0.29) is 11.8 Å². The van der Waals surface area contributed by atoms with Gasteiger partial charge in [-0.05, 0) is 25.5 Å². The van der Waals surface area contributed by atoms with E-state index < -0.39 is 6.04 Å². The molecule has 0 aliphatic rings. The summed E-state index contributed by atoms with van der Waals surface area (Å²) in [6.45, 7) is 5.35. The molecule has 1 unspecified atom stereocenters. The van der Waals surface area contributed by atoms with Crippen molar-refractivity contribution in [1.82, 2.24) is 20.8 Å². The van der Waals surface area contributed by atoms with Gasteiger partial charge in [0.2, 0.25) is 11.8 Å². The zero-order valence-corrected chi connectivity index (χ0v) is 15.1. The fourth-order valence-electron chi connectivity index (χ4n) is 3.03. The van der Waals surface area contributed by atoms with E-state index in [1.807, 2.05) is 37.4 Å². The maximum Gasteiger partial charge on any atom is 0.243 e. The molecule has 0 bridgehead atoms. The SMILES string of the molecule is CC(=O)NC(Cc1c[nH]c2ccccc12)C(=O)NCc1c(C)noc1C. The van der Waals surface area contributed by atoms with Gasteiger partial charge in [0.1, 0.15) is 11.8 Å². The molecule has 26 heavy (non-hydrogen) atoms. The molecular formula is C19H22N4O3. The van der Waals surface area contributed by atoms with E-state index in [4.69, 9.17) is 4.52 Å². The summed E-state index contributed by atoms with van der Waals surface area (Å²) in [5.41, 5.74) is 3.58. The highest BCUT2D eigenvalue weighted by atomic mass is 16.5. The molecule has 0 radical (unpaired) electrons. The molecule has 3 N–H and O–H groups in total. The number of amides is 2. The summed E-state index contributed by atoms with van der Waals surface area (Å²) in [5, 5.41) is 10.5. The minimum absolute atomic E-state index is 0.245. The Morgan fingerprint density at radius 1 is 1.27 bits per heavy atom. The Hall–Kier alpha value is -3.09. The average Bonchev–Trinajstić information content (AvgIpc) is 3.16. The second-order valence-corrected chi connectivity index (χ2v) is 6.34. The van der Waals surface area contributed by atoms with Crippen LogP contribution in [0, 0.1) is 13.8 Å². The van der Waals surface area contributed by atoms with E-state index in [9.17, 15) is 9.59 Å². The minimum atomic E-state index is -0.660. The maximum atomic E-state index is 12.7. The molecule has 7 heteroatoms. The Labute approximate surface area is 151 Å². The third-order valence-electron chi connectivity index (χ3n) is 4.41. The second kappa shape index (κ2) is 7.43. The van der Waals surface area contributed by atoms with E-state index in [1.54, 1.807) is 6.92 Å². The van der Waals surface area contributed by atoms with Gasteiger partial charge in [0.25, 0.3) is 0 Å². The monoisotopic (exact) mass is 354 g/mol. The molecule has 0 spiro atoms. The molecule has 1 aromatic carbocycles. The first-order valence-corrected chi connectivity index (χ1v) is 8.47. The summed E-state index contributed by atoms with van der Waals surface area (Å²) < 4.78 is 5.11. The van der Waals surface area contributed by atoms with Crippen LogP contribution in [-0.4, -0.2) is 28.0 Å². The Morgan fingerprint density at radius 2 is 2.04 bits per heavy atom. The molecule has 3 rings (SSSR count). The van der Waals surface area contributed by atoms with Crippen LogP contribution in [0.3, 0.4) is 0 Å². The number of hydrogen-bond acceptors (Lipinski definition) is 4. The number of H-pyrrole nitrogens is 1. The molecule has 1 atom stereocenters. The molecule has 0 saturated carbocycles. The number of benzene rings is 1. The fourth-order valence-corrected chi connectivity index (χ4v) is 3.03. The van der Waals surface area contributed by atoms with Gasteiger partial charge < -0.3 is 20.1 Å². The highest BCUT2D eigenvalue weighted by molar-refractivity contribution is 5.89. The van der Waals surface area contributed by atoms with Gasteiger partial charge >= 0.3 is 0 Å². The fraction of sp³-hybridized carbons (Fsp3) is 0.316. The number of aryl methyl sites for hydroxylation is 2. The van der Waals surface area contributed by atoms with Crippen molar-refractivity contribution in [3.05, 3.63) is 53.0 Å². The molecule has 136 valence electrons. The van der Waals surface area contributed by atoms with Crippen molar-refractivity contribution in [2.75, 3.05) is 0 Å². The average molecular weight is 354 g/mol. The molecule has 0 saturated heterocycles. The molecule has 2 amide bonds. The normalized spacial score (nSPS) is 12.1. The second-order valence-electron chi connectivity index (χ2n) is 6.34. The largest absolute Gasteiger partial charge is 0.361 e. The Kier molecular flexibility index (Phi) is 5.06. The topological polar surface area (TPSA) is 100 Å². The number of hydrogen-bond donors (Lipinski definition) is 3. The van der Waals surface area contributed by atoms with Crippen LogP contribution in [0.2, 0.25) is 0 Å². The van der Waals surface area contributed by atoms with Crippen molar-refractivity contribution >= 4 is 22.7 Å². The van der Waals surface area contributed by atoms with E-state index in [0.717, 1.165) is 27.7 Å². The van der Waals surface area contributed by atoms with Crippen molar-refractivity contribution in [2.45, 2.75) is 39.8 Å². The zero-order chi connectivity index (χ0) is 18.7. The maximum absolute atomic E-state index is 12.7. The van der Waals surface area contributed by atoms with Gasteiger partial charge in [0.15, 0.2) is 0 Å². The minimum Gasteiger partial charge on any atom is -0.361 e. The first-order valence-electron chi connectivity index (χ1n) is 8.47. The van der Waals surface area contributed by atoms with Crippen LogP contribution in [0.1, 0.15) is 29.5 Å². The smallest absolute Gasteiger partial charge is 0.243 e. The van der Waals surface area contributed by atoms with Crippen LogP contribution < -0.4 is 10.6 Å². The molecule has 2 heterocycles. The Balaban J connectivity index is 1.74. The number of para-hydroxylation sites is 1. The molecule has 7 nitrogen and oxygen atoms in total. The standard InChI is InChI=1S/C19H22N4O3/c1-11-16(12(2)26-23-11)10-21-19(25)18(22-13(3)24)8-14-9-20-17-7-5-4-6-15(14)17/h4-7,9,18,20H,8,10H2,1-3H3,(H,21,25)(H,22,24). The molecule has 0 fully saturated rings. The lowest BCUT2D eigenvalue weighted by Gasteiger charge is -2.17. The van der Waals surface area contributed by atoms with E-state index in [0.29, 0.717) is 18.7 Å². The predicted octanol–water partition coefficient (Wildman–Crippen LogP) is 2.14. The van der Waals surface area contributed by atoms with Crippen molar-refractivity contribution in [1.29, 1.82) is 0 Å². The molecule has 0 aliphatic carbocycles. The number of aromatic nitrogens is 2. The summed E-state index contributed by atoms with van der Waals surface area (Å²) in [6, 6.07) is 7.21. The number of carbonyl (C=O) groups is 2. The summed E-state index contributed by atoms with van der Waals surface area (Å²) in [5.74, 6) is 0.184. The molecule has 0 aliphatic heterocycles. The number of rotatable bonds is 6. The van der Waals surface area contributed by atoms with Crippen molar-refractivity contribution in [3.63, 3.8) is 0 Å². The highest BCUT2D eigenvalue weighted by Crippen LogP contribution is 2.19. The van der Waals surface area contributed by atoms with Gasteiger partial charge in [0, 0.05) is 42.6 Å². The zero-order valence-electron chi connectivity index (χ0n) is 15.1. The number of nitrogens with one attached hydrogen (secondary N) is 3. The first kappa shape index (κ1) is 17.7. The van der Waals surface area contributed by atoms with Crippen molar-refractivity contribution in [3.8, 4) is 0 Å². The highest BCUT2D eigenvalue weighted by Gasteiger charge is 2.22. The van der Waals surface area contributed by atoms with Gasteiger partial charge in [-0.3, -0.25) is 9.59 Å². The van der Waals surface area contributed by atoms with Gasteiger partial charge in [-0.2, -0.15) is 0 Å². The number of carbonyl (C=O) groups excluding carboxylic acids is 2. The molecule has 3 aromatic rings. The third-order valence-corrected chi connectivity index (χ3v) is 4.41. The Morgan fingerprint density at radius 3 is 2.73 bits per heavy atom. The van der Waals surface area contributed by atoms with Gasteiger partial charge in [-0.1, -0.05) is 23.4 Å². The van der Waals surface area contributed by atoms with Gasteiger partial charge in [-0.15, -0.1) is 0 Å². The first-order chi connectivity index (χ1) is 12.5. The van der Waals surface area contributed by atoms with Crippen LogP contribution in [0.25, 0.3) is 10.9 Å². The third kappa shape index (κ3) is 3.77. The Bertz CT molecular complexity index is 922. The quantitative estimate of drug-likeness (QED) is 0.631. The van der Waals surface area contributed by atoms with Crippen LogP contribution >= 0.6 is 0 Å². The molecular weight excluding hydrogens is 332 g/mol. The van der Waals surface area contributed by atoms with Crippen molar-refractivity contribution in [2.24, 2.45) is 0 Å². The number of fused-ring (bicyclic) bond motifs is 1. The summed E-state index contributed by atoms with van der Waals surface area (Å²) in [4.78, 5) is 27.4. The number of aromatic amines is 1. The lowest BCUT2D eigenvalue weighted by molar-refractivity contribution is -0.128. The molecule has 2 aromatic heterocycles. The van der Waals surface area contributed by atoms with Crippen molar-refractivity contribution < 1.29 is 14.1 Å². The van der Waals surface area contributed by atoms with Crippen LogP contribution in [0.5, 0.6) is 0 Å². The van der Waals surface area contributed by atoms with Crippen LogP contribution in [0.4, 0.5) is 0 Å². The number of nitrogens with zero attached hydrogens (tertiary/aromatic N) is 1. The lowest BCUT2D eigenvalue weighted by atomic mass is 10.0. The predicted molar refractivity (Wildman–Crippen MR) is 97.4 cm³/mol. The van der Waals surface area contributed by atoms with Gasteiger partial charge in [0.05, 0.1) is 5.69 Å². The summed E-state index contributed by atoms with van der Waals surface area (Å²) >= 11 is 0. The van der Waals surface area contributed by atoms with Gasteiger partial charge in [-0.25, -0.2) is 0 Å². The summed E-state index contributed by atoms with van der Waals surface area (Å²) in [6.07, 6.45) is 2.28. The van der Waals surface area contributed by atoms with Crippen LogP contribution in [0.15, 0.2) is 35.0 Å². The van der Waals surface area contributed by atoms with Crippen LogP contribution in [-0.2, 0) is 22.6 Å². The van der Waals surface area contributed by atoms with E-state index in [2.05, 4.69) is 20.8 Å². The van der Waals surface area contributed by atoms with E-state index in [1.165, 1.54) is 6.92 Å². The lowest BCUT2D eigenvalue weighted by Crippen LogP contribution is -2.47. The summed E-state index contributed by atoms with van der Waals surface area (Å²) in [7, 11) is 0. The van der Waals surface area contributed by atoms with E-state index >= 15 is 0 Å².